The van der Waals surface area contributed by atoms with Gasteiger partial charge in [-0.3, -0.25) is 4.31 Å². The lowest BCUT2D eigenvalue weighted by Gasteiger charge is -2.26. The number of hydrogen-bond acceptors (Lipinski definition) is 5. The van der Waals surface area contributed by atoms with Gasteiger partial charge in [0.1, 0.15) is 11.6 Å². The number of hydrogen-bond donors (Lipinski definition) is 0. The molecule has 0 radical (unpaired) electrons. The number of rotatable bonds is 5. The molecule has 0 spiro atoms. The standard InChI is InChI=1S/C23H33N5O3S/c1-16-24-14-21(26(16)5)32(29,30)27(6)17-10-11-20-19(13-17)25-22(23(2,3)4)28(20)15-18-9-7-8-12-31-18/h10-11,13-14,18H,7-9,12,15H2,1-6H3. The highest BCUT2D eigenvalue weighted by molar-refractivity contribution is 7.92. The van der Waals surface area contributed by atoms with Crippen molar-refractivity contribution in [2.24, 2.45) is 7.05 Å². The van der Waals surface area contributed by atoms with E-state index in [2.05, 4.69) is 30.3 Å². The van der Waals surface area contributed by atoms with E-state index in [0.29, 0.717) is 11.5 Å². The Bertz CT molecular complexity index is 1230. The molecule has 0 amide bonds. The van der Waals surface area contributed by atoms with Gasteiger partial charge in [-0.25, -0.2) is 9.97 Å². The third kappa shape index (κ3) is 4.03. The maximum Gasteiger partial charge on any atom is 0.281 e. The first-order valence-corrected chi connectivity index (χ1v) is 12.5. The molecule has 1 atom stereocenters. The zero-order valence-electron chi connectivity index (χ0n) is 19.8. The molecular formula is C23H33N5O3S. The van der Waals surface area contributed by atoms with Gasteiger partial charge in [-0.05, 0) is 44.4 Å². The topological polar surface area (TPSA) is 82.2 Å². The summed E-state index contributed by atoms with van der Waals surface area (Å²) in [5, 5.41) is 0.160. The number of imidazole rings is 2. The fourth-order valence-electron chi connectivity index (χ4n) is 4.23. The van der Waals surface area contributed by atoms with Crippen molar-refractivity contribution in [1.82, 2.24) is 19.1 Å². The number of ether oxygens (including phenoxy) is 1. The maximum absolute atomic E-state index is 13.2. The van der Waals surface area contributed by atoms with Gasteiger partial charge in [0.05, 0.1) is 35.6 Å². The molecule has 174 valence electrons. The van der Waals surface area contributed by atoms with Crippen molar-refractivity contribution in [3.05, 3.63) is 36.0 Å². The van der Waals surface area contributed by atoms with Crippen molar-refractivity contribution >= 4 is 26.7 Å². The predicted molar refractivity (Wildman–Crippen MR) is 126 cm³/mol. The number of sulfonamides is 1. The summed E-state index contributed by atoms with van der Waals surface area (Å²) in [6, 6.07) is 5.66. The Kier molecular flexibility index (Phi) is 5.83. The summed E-state index contributed by atoms with van der Waals surface area (Å²) in [5.74, 6) is 1.62. The number of nitrogens with zero attached hydrogens (tertiary/aromatic N) is 5. The second kappa shape index (κ2) is 8.19. The molecule has 1 aliphatic heterocycles. The van der Waals surface area contributed by atoms with E-state index >= 15 is 0 Å². The summed E-state index contributed by atoms with van der Waals surface area (Å²) >= 11 is 0. The third-order valence-corrected chi connectivity index (χ3v) is 8.07. The first-order chi connectivity index (χ1) is 15.0. The zero-order chi connectivity index (χ0) is 23.3. The van der Waals surface area contributed by atoms with Crippen molar-refractivity contribution < 1.29 is 13.2 Å². The second-order valence-electron chi connectivity index (χ2n) is 9.63. The van der Waals surface area contributed by atoms with Gasteiger partial charge in [0.25, 0.3) is 10.0 Å². The Hall–Kier alpha value is -2.39. The third-order valence-electron chi connectivity index (χ3n) is 6.23. The predicted octanol–water partition coefficient (Wildman–Crippen LogP) is 3.77. The normalized spacial score (nSPS) is 17.8. The van der Waals surface area contributed by atoms with E-state index in [9.17, 15) is 8.42 Å². The number of benzene rings is 1. The molecule has 1 saturated heterocycles. The quantitative estimate of drug-likeness (QED) is 0.580. The molecular weight excluding hydrogens is 426 g/mol. The monoisotopic (exact) mass is 459 g/mol. The molecule has 0 bridgehead atoms. The second-order valence-corrected chi connectivity index (χ2v) is 11.5. The van der Waals surface area contributed by atoms with Crippen molar-refractivity contribution in [1.29, 1.82) is 0 Å². The molecule has 1 unspecified atom stereocenters. The van der Waals surface area contributed by atoms with Crippen LogP contribution in [0.15, 0.2) is 29.4 Å². The van der Waals surface area contributed by atoms with Gasteiger partial charge in [-0.1, -0.05) is 20.8 Å². The molecule has 2 aromatic heterocycles. The first-order valence-electron chi connectivity index (χ1n) is 11.1. The van der Waals surface area contributed by atoms with Crippen LogP contribution in [0.1, 0.15) is 51.7 Å². The minimum absolute atomic E-state index is 0.155. The lowest BCUT2D eigenvalue weighted by atomic mass is 9.95. The van der Waals surface area contributed by atoms with Gasteiger partial charge in [-0.2, -0.15) is 8.42 Å². The Labute approximate surface area is 190 Å². The molecule has 1 aromatic carbocycles. The molecule has 3 aromatic rings. The number of anilines is 1. The van der Waals surface area contributed by atoms with Crippen LogP contribution >= 0.6 is 0 Å². The fraction of sp³-hybridized carbons (Fsp3) is 0.565. The average molecular weight is 460 g/mol. The van der Waals surface area contributed by atoms with Crippen LogP contribution in [0.2, 0.25) is 0 Å². The highest BCUT2D eigenvalue weighted by Gasteiger charge is 2.28. The number of aromatic nitrogens is 4. The summed E-state index contributed by atoms with van der Waals surface area (Å²) in [4.78, 5) is 9.07. The molecule has 1 aliphatic rings. The van der Waals surface area contributed by atoms with Crippen LogP contribution < -0.4 is 4.31 Å². The number of fused-ring (bicyclic) bond motifs is 1. The molecule has 4 rings (SSSR count). The molecule has 8 nitrogen and oxygen atoms in total. The highest BCUT2D eigenvalue weighted by Crippen LogP contribution is 2.31. The van der Waals surface area contributed by atoms with Gasteiger partial charge in [0, 0.05) is 26.1 Å². The van der Waals surface area contributed by atoms with Crippen molar-refractivity contribution in [2.45, 2.75) is 70.0 Å². The lowest BCUT2D eigenvalue weighted by molar-refractivity contribution is 0.00583. The largest absolute Gasteiger partial charge is 0.376 e. The molecule has 0 N–H and O–H groups in total. The van der Waals surface area contributed by atoms with E-state index in [1.807, 2.05) is 18.2 Å². The zero-order valence-corrected chi connectivity index (χ0v) is 20.6. The first kappa shape index (κ1) is 22.8. The highest BCUT2D eigenvalue weighted by atomic mass is 32.2. The van der Waals surface area contributed by atoms with Crippen molar-refractivity contribution in [2.75, 3.05) is 18.0 Å². The van der Waals surface area contributed by atoms with Crippen molar-refractivity contribution in [3.8, 4) is 0 Å². The maximum atomic E-state index is 13.2. The van der Waals surface area contributed by atoms with E-state index in [1.165, 1.54) is 16.9 Å². The number of aryl methyl sites for hydroxylation is 1. The molecule has 0 aliphatic carbocycles. The fourth-order valence-corrected chi connectivity index (χ4v) is 5.56. The van der Waals surface area contributed by atoms with Gasteiger partial charge < -0.3 is 13.9 Å². The minimum atomic E-state index is -3.75. The molecule has 3 heterocycles. The van der Waals surface area contributed by atoms with Gasteiger partial charge in [-0.15, -0.1) is 0 Å². The summed E-state index contributed by atoms with van der Waals surface area (Å²) in [5.41, 5.74) is 2.19. The Morgan fingerprint density at radius 1 is 1.25 bits per heavy atom. The Morgan fingerprint density at radius 2 is 2.00 bits per heavy atom. The van der Waals surface area contributed by atoms with Crippen LogP contribution in [0.3, 0.4) is 0 Å². The van der Waals surface area contributed by atoms with Gasteiger partial charge in [0.2, 0.25) is 0 Å². The van der Waals surface area contributed by atoms with Gasteiger partial charge >= 0.3 is 0 Å². The van der Waals surface area contributed by atoms with E-state index in [-0.39, 0.29) is 16.5 Å². The van der Waals surface area contributed by atoms with E-state index in [4.69, 9.17) is 9.72 Å². The van der Waals surface area contributed by atoms with Crippen LogP contribution in [0, 0.1) is 6.92 Å². The Morgan fingerprint density at radius 3 is 2.59 bits per heavy atom. The van der Waals surface area contributed by atoms with Crippen LogP contribution in [-0.2, 0) is 33.8 Å². The van der Waals surface area contributed by atoms with Crippen LogP contribution in [0.4, 0.5) is 5.69 Å². The summed E-state index contributed by atoms with van der Waals surface area (Å²) in [6.45, 7) is 9.78. The van der Waals surface area contributed by atoms with E-state index in [1.54, 1.807) is 25.6 Å². The molecule has 9 heteroatoms. The SMILES string of the molecule is Cc1ncc(S(=O)(=O)N(C)c2ccc3c(c2)nc(C(C)(C)C)n3CC2CCCCO2)n1C. The minimum Gasteiger partial charge on any atom is -0.376 e. The molecule has 32 heavy (non-hydrogen) atoms. The van der Waals surface area contributed by atoms with Crippen LogP contribution in [0.5, 0.6) is 0 Å². The van der Waals surface area contributed by atoms with Crippen LogP contribution in [0.25, 0.3) is 11.0 Å². The van der Waals surface area contributed by atoms with Gasteiger partial charge in [0.15, 0.2) is 5.03 Å². The molecule has 1 fully saturated rings. The lowest BCUT2D eigenvalue weighted by Crippen LogP contribution is -2.28. The smallest absolute Gasteiger partial charge is 0.281 e. The summed E-state index contributed by atoms with van der Waals surface area (Å²) in [7, 11) is -0.475. The van der Waals surface area contributed by atoms with Crippen LogP contribution in [-0.4, -0.2) is 47.3 Å². The Balaban J connectivity index is 1.75. The average Bonchev–Trinajstić information content (AvgIpc) is 3.28. The summed E-state index contributed by atoms with van der Waals surface area (Å²) in [6.07, 6.45) is 4.93. The van der Waals surface area contributed by atoms with Crippen molar-refractivity contribution in [3.63, 3.8) is 0 Å². The van der Waals surface area contributed by atoms with E-state index < -0.39 is 10.0 Å². The van der Waals surface area contributed by atoms with E-state index in [0.717, 1.165) is 42.9 Å². The molecule has 0 saturated carbocycles. The summed E-state index contributed by atoms with van der Waals surface area (Å²) < 4.78 is 37.6.